The van der Waals surface area contributed by atoms with Crippen LogP contribution in [0, 0.1) is 13.8 Å². The maximum Gasteiger partial charge on any atom is 0.271 e. The van der Waals surface area contributed by atoms with Crippen LogP contribution in [0.2, 0.25) is 5.02 Å². The highest BCUT2D eigenvalue weighted by Gasteiger charge is 2.12. The Morgan fingerprint density at radius 3 is 2.49 bits per heavy atom. The Balaban J connectivity index is 1.40. The molecule has 0 unspecified atom stereocenters. The Morgan fingerprint density at radius 2 is 1.74 bits per heavy atom. The van der Waals surface area contributed by atoms with Crippen LogP contribution >= 0.6 is 11.6 Å². The number of hydrogen-bond acceptors (Lipinski definition) is 5. The zero-order valence-corrected chi connectivity index (χ0v) is 22.8. The van der Waals surface area contributed by atoms with Gasteiger partial charge in [-0.25, -0.2) is 5.43 Å². The van der Waals surface area contributed by atoms with Crippen molar-refractivity contribution in [3.05, 3.63) is 118 Å². The van der Waals surface area contributed by atoms with E-state index in [2.05, 4.69) is 47.0 Å². The molecule has 4 aromatic carbocycles. The minimum atomic E-state index is -0.428. The number of nitrogens with zero attached hydrogens (tertiary/aromatic N) is 1. The molecule has 0 heterocycles. The lowest BCUT2D eigenvalue weighted by Crippen LogP contribution is -2.23. The molecule has 0 atom stereocenters. The highest BCUT2D eigenvalue weighted by atomic mass is 35.5. The van der Waals surface area contributed by atoms with Crippen LogP contribution in [0.1, 0.15) is 32.6 Å². The number of nitrogens with one attached hydrogen (secondary N) is 2. The van der Waals surface area contributed by atoms with E-state index in [4.69, 9.17) is 16.3 Å². The number of ether oxygens (including phenoxy) is 1. The molecule has 4 rings (SSSR count). The van der Waals surface area contributed by atoms with Gasteiger partial charge in [-0.1, -0.05) is 71.8 Å². The van der Waals surface area contributed by atoms with Crippen molar-refractivity contribution in [1.82, 2.24) is 10.7 Å². The fourth-order valence-electron chi connectivity index (χ4n) is 4.12. The van der Waals surface area contributed by atoms with Gasteiger partial charge in [0, 0.05) is 17.7 Å². The van der Waals surface area contributed by atoms with Crippen LogP contribution in [0.25, 0.3) is 11.1 Å². The number of carbonyl (C=O) groups excluding carboxylic acids is 1. The third kappa shape index (κ3) is 7.93. The summed E-state index contributed by atoms with van der Waals surface area (Å²) < 4.78 is 6.26. The standard InChI is InChI=1S/C32H32ClN3O3/c1-22-8-10-24(11-9-22)14-15-34-16-17-39-31-23(2)18-25(19-28(31)26-6-4-3-5-7-26)21-35-36-32(38)27-12-13-30(37)29(33)20-27/h3-13,18-21,34,37H,14-17H2,1-2H3,(H,36,38)/b35-21-. The first kappa shape index (κ1) is 27.9. The molecule has 0 saturated carbocycles. The Hall–Kier alpha value is -4.13. The molecular weight excluding hydrogens is 510 g/mol. The molecule has 0 spiro atoms. The molecule has 0 aliphatic rings. The number of aromatic hydroxyl groups is 1. The van der Waals surface area contributed by atoms with E-state index >= 15 is 0 Å². The van der Waals surface area contributed by atoms with Gasteiger partial charge in [-0.15, -0.1) is 0 Å². The van der Waals surface area contributed by atoms with Crippen molar-refractivity contribution >= 4 is 23.7 Å². The van der Waals surface area contributed by atoms with Crippen molar-refractivity contribution in [3.8, 4) is 22.6 Å². The molecule has 200 valence electrons. The summed E-state index contributed by atoms with van der Waals surface area (Å²) in [6.45, 7) is 6.25. The van der Waals surface area contributed by atoms with E-state index in [1.807, 2.05) is 49.4 Å². The van der Waals surface area contributed by atoms with E-state index < -0.39 is 5.91 Å². The van der Waals surface area contributed by atoms with Crippen molar-refractivity contribution in [2.45, 2.75) is 20.3 Å². The second-order valence-electron chi connectivity index (χ2n) is 9.28. The smallest absolute Gasteiger partial charge is 0.271 e. The number of phenolic OH excluding ortho intramolecular Hbond substituents is 1. The highest BCUT2D eigenvalue weighted by molar-refractivity contribution is 6.32. The topological polar surface area (TPSA) is 83.0 Å². The van der Waals surface area contributed by atoms with Gasteiger partial charge < -0.3 is 15.2 Å². The quantitative estimate of drug-likeness (QED) is 0.118. The van der Waals surface area contributed by atoms with Gasteiger partial charge >= 0.3 is 0 Å². The van der Waals surface area contributed by atoms with Crippen LogP contribution in [0.5, 0.6) is 11.5 Å². The van der Waals surface area contributed by atoms with E-state index in [0.717, 1.165) is 47.5 Å². The van der Waals surface area contributed by atoms with Crippen molar-refractivity contribution in [2.24, 2.45) is 5.10 Å². The van der Waals surface area contributed by atoms with Crippen LogP contribution < -0.4 is 15.5 Å². The molecule has 0 aromatic heterocycles. The van der Waals surface area contributed by atoms with Gasteiger partial charge in [-0.05, 0) is 79.4 Å². The van der Waals surface area contributed by atoms with Crippen LogP contribution in [-0.4, -0.2) is 36.9 Å². The lowest BCUT2D eigenvalue weighted by molar-refractivity contribution is 0.0955. The molecule has 7 heteroatoms. The van der Waals surface area contributed by atoms with E-state index in [1.165, 1.54) is 29.3 Å². The zero-order chi connectivity index (χ0) is 27.6. The van der Waals surface area contributed by atoms with E-state index in [0.29, 0.717) is 12.2 Å². The van der Waals surface area contributed by atoms with Gasteiger partial charge in [0.25, 0.3) is 5.91 Å². The molecule has 0 aliphatic carbocycles. The van der Waals surface area contributed by atoms with Gasteiger partial charge in [-0.2, -0.15) is 5.10 Å². The number of benzene rings is 4. The first-order valence-electron chi connectivity index (χ1n) is 12.8. The second-order valence-corrected chi connectivity index (χ2v) is 9.69. The maximum absolute atomic E-state index is 12.4. The van der Waals surface area contributed by atoms with Crippen LogP contribution in [-0.2, 0) is 6.42 Å². The molecule has 4 aromatic rings. The highest BCUT2D eigenvalue weighted by Crippen LogP contribution is 2.34. The predicted octanol–water partition coefficient (Wildman–Crippen LogP) is 6.30. The van der Waals surface area contributed by atoms with Crippen LogP contribution in [0.15, 0.2) is 90.0 Å². The number of amides is 1. The van der Waals surface area contributed by atoms with Crippen LogP contribution in [0.4, 0.5) is 0 Å². The third-order valence-corrected chi connectivity index (χ3v) is 6.51. The van der Waals surface area contributed by atoms with Crippen molar-refractivity contribution < 1.29 is 14.6 Å². The van der Waals surface area contributed by atoms with Gasteiger partial charge in [0.05, 0.1) is 11.2 Å². The third-order valence-electron chi connectivity index (χ3n) is 6.21. The Kier molecular flexibility index (Phi) is 9.73. The van der Waals surface area contributed by atoms with Crippen molar-refractivity contribution in [2.75, 3.05) is 19.7 Å². The molecule has 0 fully saturated rings. The first-order valence-corrected chi connectivity index (χ1v) is 13.2. The summed E-state index contributed by atoms with van der Waals surface area (Å²) in [4.78, 5) is 12.4. The lowest BCUT2D eigenvalue weighted by atomic mass is 9.99. The summed E-state index contributed by atoms with van der Waals surface area (Å²) in [7, 11) is 0. The van der Waals surface area contributed by atoms with Crippen molar-refractivity contribution in [1.29, 1.82) is 0 Å². The molecule has 0 aliphatic heterocycles. The minimum absolute atomic E-state index is 0.0824. The average molecular weight is 542 g/mol. The number of hydrazone groups is 1. The summed E-state index contributed by atoms with van der Waals surface area (Å²) in [6, 6.07) is 26.9. The van der Waals surface area contributed by atoms with E-state index in [1.54, 1.807) is 6.21 Å². The van der Waals surface area contributed by atoms with E-state index in [9.17, 15) is 9.90 Å². The Labute approximate surface area is 234 Å². The number of halogens is 1. The van der Waals surface area contributed by atoms with Crippen LogP contribution in [0.3, 0.4) is 0 Å². The molecule has 6 nitrogen and oxygen atoms in total. The second kappa shape index (κ2) is 13.6. The number of phenols is 1. The molecule has 39 heavy (non-hydrogen) atoms. The molecule has 0 bridgehead atoms. The number of rotatable bonds is 11. The number of hydrogen-bond donors (Lipinski definition) is 3. The fraction of sp³-hybridized carbons (Fsp3) is 0.188. The molecule has 3 N–H and O–H groups in total. The average Bonchev–Trinajstić information content (AvgIpc) is 2.94. The fourth-order valence-corrected chi connectivity index (χ4v) is 4.30. The van der Waals surface area contributed by atoms with Gasteiger partial charge in [0.15, 0.2) is 0 Å². The number of carbonyl (C=O) groups is 1. The van der Waals surface area contributed by atoms with E-state index in [-0.39, 0.29) is 10.8 Å². The SMILES string of the molecule is Cc1ccc(CCNCCOc2c(C)cc(/C=N\NC(=O)c3ccc(O)c(Cl)c3)cc2-c2ccccc2)cc1. The summed E-state index contributed by atoms with van der Waals surface area (Å²) in [5, 5.41) is 17.2. The monoisotopic (exact) mass is 541 g/mol. The molecule has 1 amide bonds. The normalized spacial score (nSPS) is 11.1. The molecule has 0 radical (unpaired) electrons. The lowest BCUT2D eigenvalue weighted by Gasteiger charge is -2.16. The summed E-state index contributed by atoms with van der Waals surface area (Å²) >= 11 is 5.90. The van der Waals surface area contributed by atoms with Gasteiger partial charge in [0.2, 0.25) is 0 Å². The van der Waals surface area contributed by atoms with Gasteiger partial charge in [0.1, 0.15) is 18.1 Å². The molecular formula is C32H32ClN3O3. The Bertz CT molecular complexity index is 1440. The summed E-state index contributed by atoms with van der Waals surface area (Å²) in [5.74, 6) is 0.311. The predicted molar refractivity (Wildman–Crippen MR) is 158 cm³/mol. The zero-order valence-electron chi connectivity index (χ0n) is 22.1. The summed E-state index contributed by atoms with van der Waals surface area (Å²) in [6.07, 6.45) is 2.56. The maximum atomic E-state index is 12.4. The first-order chi connectivity index (χ1) is 18.9. The largest absolute Gasteiger partial charge is 0.506 e. The minimum Gasteiger partial charge on any atom is -0.506 e. The van der Waals surface area contributed by atoms with Crippen molar-refractivity contribution in [3.63, 3.8) is 0 Å². The molecule has 0 saturated heterocycles. The van der Waals surface area contributed by atoms with Gasteiger partial charge in [-0.3, -0.25) is 4.79 Å². The summed E-state index contributed by atoms with van der Waals surface area (Å²) in [5.41, 5.74) is 9.16. The number of aryl methyl sites for hydroxylation is 2. The Morgan fingerprint density at radius 1 is 0.974 bits per heavy atom.